The number of aromatic hydroxyl groups is 1. The van der Waals surface area contributed by atoms with E-state index in [1.807, 2.05) is 59.5 Å². The summed E-state index contributed by atoms with van der Waals surface area (Å²) in [7, 11) is 1.60. The Hall–Kier alpha value is -4.85. The van der Waals surface area contributed by atoms with Crippen molar-refractivity contribution in [3.8, 4) is 34.5 Å². The van der Waals surface area contributed by atoms with Crippen molar-refractivity contribution in [2.24, 2.45) is 0 Å². The summed E-state index contributed by atoms with van der Waals surface area (Å²) in [6.07, 6.45) is 3.22. The van der Waals surface area contributed by atoms with E-state index in [1.165, 1.54) is 12.1 Å². The second-order valence-corrected chi connectivity index (χ2v) is 10.6. The van der Waals surface area contributed by atoms with Gasteiger partial charge in [0.25, 0.3) is 0 Å². The first kappa shape index (κ1) is 25.1. The number of carbonyl (C=O) groups is 1. The van der Waals surface area contributed by atoms with E-state index in [2.05, 4.69) is 0 Å². The molecule has 2 aliphatic heterocycles. The number of aromatic nitrogens is 1. The fourth-order valence-electron chi connectivity index (χ4n) is 5.99. The van der Waals surface area contributed by atoms with E-state index in [1.54, 1.807) is 7.11 Å². The maximum atomic E-state index is 13.7. The molecule has 8 heteroatoms. The number of likely N-dealkylation sites (tertiary alicyclic amines) is 1. The largest absolute Gasteiger partial charge is 0.507 e. The zero-order chi connectivity index (χ0) is 28.1. The Bertz CT molecular complexity index is 1880. The first-order chi connectivity index (χ1) is 20.0. The Balaban J connectivity index is 1.46. The highest BCUT2D eigenvalue weighted by Crippen LogP contribution is 2.51. The molecule has 0 saturated carbocycles. The molecule has 7 rings (SSSR count). The van der Waals surface area contributed by atoms with E-state index >= 15 is 0 Å². The highest BCUT2D eigenvalue weighted by molar-refractivity contribution is 5.92. The number of ether oxygens (including phenoxy) is 2. The van der Waals surface area contributed by atoms with Gasteiger partial charge in [0.1, 0.15) is 34.0 Å². The van der Waals surface area contributed by atoms with E-state index in [0.29, 0.717) is 34.2 Å². The van der Waals surface area contributed by atoms with Crippen molar-refractivity contribution in [3.63, 3.8) is 0 Å². The third-order valence-corrected chi connectivity index (χ3v) is 8.08. The first-order valence-corrected chi connectivity index (χ1v) is 13.8. The average molecular weight is 549 g/mol. The van der Waals surface area contributed by atoms with Crippen molar-refractivity contribution in [1.82, 2.24) is 9.88 Å². The van der Waals surface area contributed by atoms with Crippen LogP contribution in [0.3, 0.4) is 0 Å². The second kappa shape index (κ2) is 9.96. The molecule has 4 heterocycles. The molecule has 3 aromatic carbocycles. The quantitative estimate of drug-likeness (QED) is 0.279. The molecule has 5 aromatic rings. The molecule has 1 N–H and O–H groups in total. The van der Waals surface area contributed by atoms with Gasteiger partial charge < -0.3 is 23.9 Å². The van der Waals surface area contributed by atoms with E-state index in [0.717, 1.165) is 48.9 Å². The normalized spacial score (nSPS) is 16.2. The lowest BCUT2D eigenvalue weighted by molar-refractivity contribution is -0.132. The van der Waals surface area contributed by atoms with Crippen molar-refractivity contribution < 1.29 is 23.8 Å². The van der Waals surface area contributed by atoms with Gasteiger partial charge in [0, 0.05) is 65.7 Å². The fraction of sp³-hybridized carbons (Fsp3) is 0.242. The zero-order valence-electron chi connectivity index (χ0n) is 22.6. The topological polar surface area (TPSA) is 102 Å². The lowest BCUT2D eigenvalue weighted by atomic mass is 9.84. The van der Waals surface area contributed by atoms with Crippen LogP contribution in [0.25, 0.3) is 33.2 Å². The number of hydrogen-bond donors (Lipinski definition) is 1. The third kappa shape index (κ3) is 4.36. The van der Waals surface area contributed by atoms with Gasteiger partial charge in [-0.3, -0.25) is 9.59 Å². The Labute approximate surface area is 235 Å². The van der Waals surface area contributed by atoms with Crippen molar-refractivity contribution in [2.45, 2.75) is 31.6 Å². The van der Waals surface area contributed by atoms with Crippen molar-refractivity contribution >= 4 is 27.8 Å². The summed E-state index contributed by atoms with van der Waals surface area (Å²) in [5.74, 6) is 0.935. The number of phenolic OH excluding ortho intramolecular Hbond substituents is 1. The molecule has 8 nitrogen and oxygen atoms in total. The van der Waals surface area contributed by atoms with Crippen LogP contribution in [0.15, 0.2) is 75.9 Å². The van der Waals surface area contributed by atoms with Crippen LogP contribution in [0.4, 0.5) is 0 Å². The highest BCUT2D eigenvalue weighted by atomic mass is 16.5. The predicted octanol–water partition coefficient (Wildman–Crippen LogP) is 6.36. The number of hydrogen-bond acceptors (Lipinski definition) is 7. The fourth-order valence-corrected chi connectivity index (χ4v) is 5.99. The maximum absolute atomic E-state index is 13.7. The number of rotatable bonds is 4. The van der Waals surface area contributed by atoms with Crippen LogP contribution in [0.2, 0.25) is 0 Å². The predicted molar refractivity (Wildman–Crippen MR) is 155 cm³/mol. The number of fused-ring (bicyclic) bond motifs is 5. The molecule has 0 unspecified atom stereocenters. The Morgan fingerprint density at radius 2 is 1.85 bits per heavy atom. The average Bonchev–Trinajstić information content (AvgIpc) is 3.00. The summed E-state index contributed by atoms with van der Waals surface area (Å²) in [6, 6.07) is 19.7. The van der Waals surface area contributed by atoms with Gasteiger partial charge in [-0.15, -0.1) is 0 Å². The Morgan fingerprint density at radius 1 is 1.05 bits per heavy atom. The molecule has 2 aromatic heterocycles. The van der Waals surface area contributed by atoms with Gasteiger partial charge in [0.2, 0.25) is 11.8 Å². The monoisotopic (exact) mass is 548 g/mol. The molecule has 1 amide bonds. The molecule has 206 valence electrons. The zero-order valence-corrected chi connectivity index (χ0v) is 22.6. The van der Waals surface area contributed by atoms with Gasteiger partial charge in [0.15, 0.2) is 5.43 Å². The first-order valence-electron chi connectivity index (χ1n) is 13.8. The van der Waals surface area contributed by atoms with Crippen LogP contribution in [0.1, 0.15) is 42.7 Å². The van der Waals surface area contributed by atoms with Crippen LogP contribution < -0.4 is 14.9 Å². The van der Waals surface area contributed by atoms with Gasteiger partial charge in [-0.1, -0.05) is 30.3 Å². The molecule has 0 radical (unpaired) electrons. The van der Waals surface area contributed by atoms with Gasteiger partial charge in [-0.2, -0.15) is 0 Å². The van der Waals surface area contributed by atoms with Gasteiger partial charge in [0.05, 0.1) is 12.6 Å². The Kier molecular flexibility index (Phi) is 6.11. The lowest BCUT2D eigenvalue weighted by Gasteiger charge is -2.32. The number of benzene rings is 3. The van der Waals surface area contributed by atoms with Crippen molar-refractivity contribution in [1.29, 1.82) is 0 Å². The minimum absolute atomic E-state index is 0.0195. The molecular formula is C33H28N2O6. The van der Waals surface area contributed by atoms with Crippen LogP contribution in [0, 0.1) is 0 Å². The highest BCUT2D eigenvalue weighted by Gasteiger charge is 2.36. The van der Waals surface area contributed by atoms with Gasteiger partial charge >= 0.3 is 0 Å². The number of carbonyl (C=O) groups excluding carboxylic acids is 1. The third-order valence-electron chi connectivity index (χ3n) is 8.08. The van der Waals surface area contributed by atoms with Crippen molar-refractivity contribution in [2.75, 3.05) is 20.2 Å². The van der Waals surface area contributed by atoms with Gasteiger partial charge in [-0.05, 0) is 37.5 Å². The summed E-state index contributed by atoms with van der Waals surface area (Å²) in [5.41, 5.74) is 2.52. The number of methoxy groups -OCH3 is 1. The van der Waals surface area contributed by atoms with Crippen molar-refractivity contribution in [3.05, 3.63) is 88.1 Å². The standard InChI is InChI=1S/C33H28N2O6/c1-39-21-11-10-20-14-23-22(16-29(38)35-12-6-3-7-13-35)30-28(41-33(23)34-24(20)15-21)18-26(37)31-25(36)17-27(40-32(30)31)19-8-4-2-5-9-19/h2,4-5,8-11,14-15,17-18,22,37H,3,6-7,12-13,16H2,1H3/t22-/m0/s1. The van der Waals surface area contributed by atoms with E-state index in [-0.39, 0.29) is 34.5 Å². The number of piperidine rings is 1. The smallest absolute Gasteiger partial charge is 0.223 e. The van der Waals surface area contributed by atoms with E-state index in [4.69, 9.17) is 18.9 Å². The molecule has 1 atom stereocenters. The summed E-state index contributed by atoms with van der Waals surface area (Å²) in [5, 5.41) is 11.9. The van der Waals surface area contributed by atoms with E-state index < -0.39 is 5.92 Å². The van der Waals surface area contributed by atoms with Gasteiger partial charge in [-0.25, -0.2) is 4.98 Å². The summed E-state index contributed by atoms with van der Waals surface area (Å²) >= 11 is 0. The van der Waals surface area contributed by atoms with E-state index in [9.17, 15) is 14.7 Å². The SMILES string of the molecule is COc1ccc2cc3c(nc2c1)Oc1cc(O)c2c(=O)cc(-c4ccccc4)oc2c1[C@H]3CC(=O)N1CCCCC1. The van der Waals surface area contributed by atoms with Crippen LogP contribution in [0.5, 0.6) is 23.1 Å². The molecule has 1 fully saturated rings. The minimum atomic E-state index is -0.514. The van der Waals surface area contributed by atoms with Crippen LogP contribution >= 0.6 is 0 Å². The van der Waals surface area contributed by atoms with Crippen LogP contribution in [-0.4, -0.2) is 41.1 Å². The second-order valence-electron chi connectivity index (χ2n) is 10.6. The molecule has 41 heavy (non-hydrogen) atoms. The summed E-state index contributed by atoms with van der Waals surface area (Å²) in [4.78, 5) is 33.8. The molecule has 1 saturated heterocycles. The number of amides is 1. The molecule has 0 bridgehead atoms. The molecule has 2 aliphatic rings. The Morgan fingerprint density at radius 3 is 2.63 bits per heavy atom. The number of nitrogens with zero attached hydrogens (tertiary/aromatic N) is 2. The summed E-state index contributed by atoms with van der Waals surface area (Å²) < 4.78 is 18.1. The number of pyridine rings is 1. The minimum Gasteiger partial charge on any atom is -0.507 e. The molecular weight excluding hydrogens is 520 g/mol. The molecule has 0 aliphatic carbocycles. The number of phenols is 1. The lowest BCUT2D eigenvalue weighted by Crippen LogP contribution is -2.36. The van der Waals surface area contributed by atoms with Crippen LogP contribution in [-0.2, 0) is 4.79 Å². The molecule has 0 spiro atoms. The summed E-state index contributed by atoms with van der Waals surface area (Å²) in [6.45, 7) is 1.45. The maximum Gasteiger partial charge on any atom is 0.223 e.